The third-order valence-corrected chi connectivity index (χ3v) is 3.47. The number of benzene rings is 1. The van der Waals surface area contributed by atoms with Gasteiger partial charge in [0.2, 0.25) is 5.28 Å². The summed E-state index contributed by atoms with van der Waals surface area (Å²) in [5.41, 5.74) is 3.51. The molecule has 0 amide bonds. The van der Waals surface area contributed by atoms with Crippen molar-refractivity contribution in [3.8, 4) is 17.3 Å². The van der Waals surface area contributed by atoms with Gasteiger partial charge in [0.1, 0.15) is 5.52 Å². The summed E-state index contributed by atoms with van der Waals surface area (Å²) in [6.07, 6.45) is 1.64. The maximum atomic E-state index is 5.89. The van der Waals surface area contributed by atoms with E-state index in [4.69, 9.17) is 16.3 Å². The second kappa shape index (κ2) is 5.33. The Labute approximate surface area is 127 Å². The van der Waals surface area contributed by atoms with Crippen molar-refractivity contribution in [3.05, 3.63) is 35.7 Å². The lowest BCUT2D eigenvalue weighted by Crippen LogP contribution is -2.03. The van der Waals surface area contributed by atoms with Crippen LogP contribution < -0.4 is 4.74 Å². The molecule has 0 spiro atoms. The average Bonchev–Trinajstić information content (AvgIpc) is 2.85. The fraction of sp³-hybridized carbons (Fsp3) is 0.267. The maximum Gasteiger partial charge on any atom is 0.297 e. The monoisotopic (exact) mass is 302 g/mol. The first-order chi connectivity index (χ1) is 10.1. The number of imidazole rings is 1. The highest BCUT2D eigenvalue weighted by Gasteiger charge is 2.17. The second-order valence-electron chi connectivity index (χ2n) is 4.95. The van der Waals surface area contributed by atoms with Gasteiger partial charge in [-0.1, -0.05) is 12.1 Å². The summed E-state index contributed by atoms with van der Waals surface area (Å²) in [5, 5.41) is 0.222. The molecule has 6 heteroatoms. The van der Waals surface area contributed by atoms with Gasteiger partial charge in [0.15, 0.2) is 0 Å². The molecule has 3 rings (SSSR count). The van der Waals surface area contributed by atoms with Gasteiger partial charge in [-0.2, -0.15) is 4.98 Å². The molecule has 0 aliphatic carbocycles. The fourth-order valence-electron chi connectivity index (χ4n) is 2.43. The van der Waals surface area contributed by atoms with Crippen LogP contribution in [0.2, 0.25) is 5.28 Å². The molecule has 0 atom stereocenters. The minimum atomic E-state index is 0.222. The molecule has 3 aromatic rings. The molecule has 0 radical (unpaired) electrons. The summed E-state index contributed by atoms with van der Waals surface area (Å²) in [5.74, 6) is 0. The zero-order valence-corrected chi connectivity index (χ0v) is 12.8. The Morgan fingerprint density at radius 2 is 2.00 bits per heavy atom. The normalized spacial score (nSPS) is 11.3. The van der Waals surface area contributed by atoms with Gasteiger partial charge < -0.3 is 4.74 Å². The van der Waals surface area contributed by atoms with Crippen molar-refractivity contribution in [1.29, 1.82) is 0 Å². The molecule has 2 heterocycles. The molecule has 0 saturated heterocycles. The van der Waals surface area contributed by atoms with Gasteiger partial charge in [-0.15, -0.1) is 0 Å². The number of fused-ring (bicyclic) bond motifs is 1. The highest BCUT2D eigenvalue weighted by Crippen LogP contribution is 2.32. The fourth-order valence-corrected chi connectivity index (χ4v) is 2.58. The zero-order chi connectivity index (χ0) is 15.0. The Balaban J connectivity index is 2.30. The molecule has 108 valence electrons. The number of para-hydroxylation sites is 1. The molecule has 5 nitrogen and oxygen atoms in total. The summed E-state index contributed by atoms with van der Waals surface area (Å²) >= 11 is 5.89. The molecule has 1 aromatic carbocycles. The van der Waals surface area contributed by atoms with E-state index in [1.54, 1.807) is 13.3 Å². The van der Waals surface area contributed by atoms with Gasteiger partial charge in [-0.05, 0) is 37.6 Å². The zero-order valence-electron chi connectivity index (χ0n) is 12.0. The SMILES string of the molecule is COc1nc2c(-c3ccnc(Cl)n3)cccc2n1C(C)C. The van der Waals surface area contributed by atoms with Crippen LogP contribution in [0.3, 0.4) is 0 Å². The van der Waals surface area contributed by atoms with Crippen molar-refractivity contribution in [3.63, 3.8) is 0 Å². The van der Waals surface area contributed by atoms with Crippen LogP contribution in [-0.2, 0) is 0 Å². The predicted octanol–water partition coefficient (Wildman–Crippen LogP) is 3.74. The highest BCUT2D eigenvalue weighted by atomic mass is 35.5. The second-order valence-corrected chi connectivity index (χ2v) is 5.28. The molecule has 0 unspecified atom stereocenters. The van der Waals surface area contributed by atoms with E-state index in [2.05, 4.69) is 33.4 Å². The van der Waals surface area contributed by atoms with E-state index >= 15 is 0 Å². The van der Waals surface area contributed by atoms with E-state index in [1.807, 2.05) is 24.3 Å². The number of hydrogen-bond acceptors (Lipinski definition) is 4. The van der Waals surface area contributed by atoms with Crippen LogP contribution in [0.4, 0.5) is 0 Å². The topological polar surface area (TPSA) is 52.8 Å². The first-order valence-corrected chi connectivity index (χ1v) is 7.03. The van der Waals surface area contributed by atoms with Gasteiger partial charge in [0.25, 0.3) is 6.01 Å². The summed E-state index contributed by atoms with van der Waals surface area (Å²) in [4.78, 5) is 12.8. The summed E-state index contributed by atoms with van der Waals surface area (Å²) in [6.45, 7) is 4.19. The number of methoxy groups -OCH3 is 1. The van der Waals surface area contributed by atoms with Gasteiger partial charge in [0.05, 0.1) is 18.3 Å². The lowest BCUT2D eigenvalue weighted by atomic mass is 10.1. The Bertz CT molecular complexity index is 797. The third kappa shape index (κ3) is 2.34. The Kier molecular flexibility index (Phi) is 3.51. The van der Waals surface area contributed by atoms with Crippen LogP contribution in [0, 0.1) is 0 Å². The van der Waals surface area contributed by atoms with Crippen LogP contribution in [0.25, 0.3) is 22.3 Å². The van der Waals surface area contributed by atoms with Crippen LogP contribution in [0.15, 0.2) is 30.5 Å². The lowest BCUT2D eigenvalue weighted by Gasteiger charge is -2.11. The molecule has 0 saturated carbocycles. The van der Waals surface area contributed by atoms with E-state index in [-0.39, 0.29) is 11.3 Å². The van der Waals surface area contributed by atoms with E-state index in [1.165, 1.54) is 0 Å². The molecule has 0 fully saturated rings. The standard InChI is InChI=1S/C15H15ClN4O/c1-9(2)20-12-6-4-5-10(13(12)19-15(20)21-3)11-7-8-17-14(16)18-11/h4-9H,1-3H3. The smallest absolute Gasteiger partial charge is 0.297 e. The van der Waals surface area contributed by atoms with E-state index in [0.717, 1.165) is 22.3 Å². The van der Waals surface area contributed by atoms with Crippen molar-refractivity contribution in [2.45, 2.75) is 19.9 Å². The quantitative estimate of drug-likeness (QED) is 0.692. The summed E-state index contributed by atoms with van der Waals surface area (Å²) in [6, 6.07) is 8.63. The highest BCUT2D eigenvalue weighted by molar-refractivity contribution is 6.28. The maximum absolute atomic E-state index is 5.89. The number of halogens is 1. The van der Waals surface area contributed by atoms with Gasteiger partial charge in [0, 0.05) is 17.8 Å². The van der Waals surface area contributed by atoms with Gasteiger partial charge >= 0.3 is 0 Å². The van der Waals surface area contributed by atoms with Crippen molar-refractivity contribution in [2.24, 2.45) is 0 Å². The Morgan fingerprint density at radius 3 is 2.67 bits per heavy atom. The predicted molar refractivity (Wildman–Crippen MR) is 82.7 cm³/mol. The number of rotatable bonds is 3. The van der Waals surface area contributed by atoms with Crippen molar-refractivity contribution in [1.82, 2.24) is 19.5 Å². The van der Waals surface area contributed by atoms with Crippen molar-refractivity contribution in [2.75, 3.05) is 7.11 Å². The lowest BCUT2D eigenvalue weighted by molar-refractivity contribution is 0.350. The third-order valence-electron chi connectivity index (χ3n) is 3.29. The largest absolute Gasteiger partial charge is 0.468 e. The van der Waals surface area contributed by atoms with Crippen LogP contribution in [-0.4, -0.2) is 26.6 Å². The van der Waals surface area contributed by atoms with Crippen molar-refractivity contribution >= 4 is 22.6 Å². The Hall–Kier alpha value is -2.14. The number of ether oxygens (including phenoxy) is 1. The summed E-state index contributed by atoms with van der Waals surface area (Å²) < 4.78 is 7.46. The molecule has 0 bridgehead atoms. The molecule has 2 aromatic heterocycles. The number of hydrogen-bond donors (Lipinski definition) is 0. The van der Waals surface area contributed by atoms with Gasteiger partial charge in [-0.25, -0.2) is 9.97 Å². The van der Waals surface area contributed by atoms with Crippen molar-refractivity contribution < 1.29 is 4.74 Å². The minimum Gasteiger partial charge on any atom is -0.468 e. The summed E-state index contributed by atoms with van der Waals surface area (Å²) in [7, 11) is 1.63. The molecule has 0 aliphatic heterocycles. The molecular weight excluding hydrogens is 288 g/mol. The van der Waals surface area contributed by atoms with E-state index < -0.39 is 0 Å². The van der Waals surface area contributed by atoms with Gasteiger partial charge in [-0.3, -0.25) is 4.57 Å². The number of nitrogens with zero attached hydrogens (tertiary/aromatic N) is 4. The first-order valence-electron chi connectivity index (χ1n) is 6.65. The van der Waals surface area contributed by atoms with Crippen LogP contribution >= 0.6 is 11.6 Å². The Morgan fingerprint density at radius 1 is 1.19 bits per heavy atom. The van der Waals surface area contributed by atoms with E-state index in [9.17, 15) is 0 Å². The minimum absolute atomic E-state index is 0.222. The molecule has 0 aliphatic rings. The van der Waals surface area contributed by atoms with Crippen LogP contribution in [0.5, 0.6) is 6.01 Å². The van der Waals surface area contributed by atoms with E-state index in [0.29, 0.717) is 6.01 Å². The molecule has 0 N–H and O–H groups in total. The molecule has 21 heavy (non-hydrogen) atoms. The average molecular weight is 303 g/mol. The van der Waals surface area contributed by atoms with Crippen LogP contribution in [0.1, 0.15) is 19.9 Å². The number of aromatic nitrogens is 4. The first kappa shape index (κ1) is 13.8. The molecular formula is C15H15ClN4O.